The van der Waals surface area contributed by atoms with Gasteiger partial charge in [0.1, 0.15) is 11.1 Å². The van der Waals surface area contributed by atoms with Crippen LogP contribution in [0.2, 0.25) is 0 Å². The van der Waals surface area contributed by atoms with Crippen LogP contribution < -0.4 is 4.74 Å². The fourth-order valence-corrected chi connectivity index (χ4v) is 2.06. The van der Waals surface area contributed by atoms with E-state index in [-0.39, 0.29) is 11.3 Å². The van der Waals surface area contributed by atoms with E-state index in [9.17, 15) is 4.79 Å². The molecule has 0 aliphatic heterocycles. The zero-order valence-electron chi connectivity index (χ0n) is 9.40. The van der Waals surface area contributed by atoms with Crippen LogP contribution in [0, 0.1) is 0 Å². The van der Waals surface area contributed by atoms with Gasteiger partial charge in [0.2, 0.25) is 0 Å². The Labute approximate surface area is 122 Å². The highest BCUT2D eigenvalue weighted by molar-refractivity contribution is 9.10. The molecule has 18 heavy (non-hydrogen) atoms. The van der Waals surface area contributed by atoms with Gasteiger partial charge in [-0.25, -0.2) is 0 Å². The van der Waals surface area contributed by atoms with E-state index in [0.29, 0.717) is 5.75 Å². The Hall–Kier alpha value is -1.13. The number of halogens is 2. The minimum Gasteiger partial charge on any atom is -0.426 e. The van der Waals surface area contributed by atoms with Crippen molar-refractivity contribution in [1.82, 2.24) is 0 Å². The van der Waals surface area contributed by atoms with Crippen molar-refractivity contribution in [2.75, 3.05) is 5.33 Å². The van der Waals surface area contributed by atoms with E-state index in [1.807, 2.05) is 36.4 Å². The minimum atomic E-state index is -0.301. The Morgan fingerprint density at radius 3 is 2.39 bits per heavy atom. The van der Waals surface area contributed by atoms with E-state index in [2.05, 4.69) is 31.9 Å². The lowest BCUT2D eigenvalue weighted by molar-refractivity contribution is -0.131. The van der Waals surface area contributed by atoms with Crippen LogP contribution in [0.3, 0.4) is 0 Å². The van der Waals surface area contributed by atoms with Crippen LogP contribution in [0.4, 0.5) is 0 Å². The van der Waals surface area contributed by atoms with Crippen molar-refractivity contribution in [3.8, 4) is 16.9 Å². The number of ether oxygens (including phenoxy) is 1. The summed E-state index contributed by atoms with van der Waals surface area (Å²) in [5, 5.41) is 0.195. The third-order valence-electron chi connectivity index (χ3n) is 2.35. The van der Waals surface area contributed by atoms with Crippen LogP contribution in [-0.2, 0) is 4.79 Å². The molecule has 2 rings (SSSR count). The van der Waals surface area contributed by atoms with Crippen molar-refractivity contribution < 1.29 is 9.53 Å². The topological polar surface area (TPSA) is 26.3 Å². The Morgan fingerprint density at radius 1 is 1.06 bits per heavy atom. The zero-order valence-corrected chi connectivity index (χ0v) is 12.6. The largest absolute Gasteiger partial charge is 0.426 e. The van der Waals surface area contributed by atoms with Gasteiger partial charge in [0.05, 0.1) is 0 Å². The van der Waals surface area contributed by atoms with Crippen molar-refractivity contribution in [3.05, 3.63) is 53.0 Å². The Bertz CT molecular complexity index is 550. The smallest absolute Gasteiger partial charge is 0.321 e. The molecule has 2 nitrogen and oxygen atoms in total. The van der Waals surface area contributed by atoms with Crippen molar-refractivity contribution >= 4 is 37.8 Å². The highest BCUT2D eigenvalue weighted by Gasteiger charge is 2.03. The molecule has 0 saturated carbocycles. The summed E-state index contributed by atoms with van der Waals surface area (Å²) in [5.41, 5.74) is 2.19. The quantitative estimate of drug-likeness (QED) is 0.455. The molecule has 0 N–H and O–H groups in total. The molecule has 92 valence electrons. The highest BCUT2D eigenvalue weighted by atomic mass is 79.9. The molecule has 0 atom stereocenters. The molecular formula is C14H10Br2O2. The van der Waals surface area contributed by atoms with Crippen LogP contribution in [0.5, 0.6) is 5.75 Å². The van der Waals surface area contributed by atoms with Gasteiger partial charge in [-0.2, -0.15) is 0 Å². The first-order valence-electron chi connectivity index (χ1n) is 5.31. The third-order valence-corrected chi connectivity index (χ3v) is 3.30. The standard InChI is InChI=1S/C14H10Br2O2/c15-9-14(17)18-13-6-4-10(5-7-13)11-2-1-3-12(16)8-11/h1-8H,9H2. The van der Waals surface area contributed by atoms with Gasteiger partial charge in [-0.3, -0.25) is 4.79 Å². The maximum Gasteiger partial charge on any atom is 0.321 e. The third kappa shape index (κ3) is 3.43. The number of hydrogen-bond donors (Lipinski definition) is 0. The number of benzene rings is 2. The second-order valence-corrected chi connectivity index (χ2v) is 5.12. The van der Waals surface area contributed by atoms with Crippen molar-refractivity contribution in [2.45, 2.75) is 0 Å². The molecule has 0 radical (unpaired) electrons. The van der Waals surface area contributed by atoms with Crippen molar-refractivity contribution in [1.29, 1.82) is 0 Å². The molecule has 0 heterocycles. The predicted octanol–water partition coefficient (Wildman–Crippen LogP) is 4.42. The first-order chi connectivity index (χ1) is 8.69. The average Bonchev–Trinajstić information content (AvgIpc) is 2.39. The summed E-state index contributed by atoms with van der Waals surface area (Å²) in [6, 6.07) is 15.5. The van der Waals surface area contributed by atoms with Crippen LogP contribution in [0.25, 0.3) is 11.1 Å². The second-order valence-electron chi connectivity index (χ2n) is 3.64. The van der Waals surface area contributed by atoms with Gasteiger partial charge >= 0.3 is 5.97 Å². The zero-order chi connectivity index (χ0) is 13.0. The number of esters is 1. The Balaban J connectivity index is 2.19. The van der Waals surface area contributed by atoms with E-state index in [1.165, 1.54) is 0 Å². The molecule has 0 spiro atoms. The molecule has 4 heteroatoms. The van der Waals surface area contributed by atoms with Gasteiger partial charge in [-0.1, -0.05) is 56.1 Å². The summed E-state index contributed by atoms with van der Waals surface area (Å²) in [4.78, 5) is 11.1. The number of carbonyl (C=O) groups excluding carboxylic acids is 1. The summed E-state index contributed by atoms with van der Waals surface area (Å²) in [6.45, 7) is 0. The minimum absolute atomic E-state index is 0.195. The van der Waals surface area contributed by atoms with Gasteiger partial charge in [0.25, 0.3) is 0 Å². The highest BCUT2D eigenvalue weighted by Crippen LogP contribution is 2.25. The van der Waals surface area contributed by atoms with Gasteiger partial charge in [0, 0.05) is 4.47 Å². The number of hydrogen-bond acceptors (Lipinski definition) is 2. The van der Waals surface area contributed by atoms with E-state index < -0.39 is 0 Å². The normalized spacial score (nSPS) is 10.1. The van der Waals surface area contributed by atoms with E-state index in [4.69, 9.17) is 4.74 Å². The van der Waals surface area contributed by atoms with Crippen molar-refractivity contribution in [3.63, 3.8) is 0 Å². The molecular weight excluding hydrogens is 360 g/mol. The van der Waals surface area contributed by atoms with Gasteiger partial charge in [0.15, 0.2) is 0 Å². The molecule has 0 aromatic heterocycles. The summed E-state index contributed by atoms with van der Waals surface area (Å²) in [5.74, 6) is 0.253. The van der Waals surface area contributed by atoms with Crippen molar-refractivity contribution in [2.24, 2.45) is 0 Å². The fraction of sp³-hybridized carbons (Fsp3) is 0.0714. The lowest BCUT2D eigenvalue weighted by Crippen LogP contribution is -2.08. The maximum absolute atomic E-state index is 11.1. The SMILES string of the molecule is O=C(CBr)Oc1ccc(-c2cccc(Br)c2)cc1. The summed E-state index contributed by atoms with van der Waals surface area (Å²) in [7, 11) is 0. The van der Waals surface area contributed by atoms with Gasteiger partial charge in [-0.05, 0) is 35.4 Å². The van der Waals surface area contributed by atoms with E-state index in [1.54, 1.807) is 12.1 Å². The molecule has 0 bridgehead atoms. The van der Waals surface area contributed by atoms with E-state index >= 15 is 0 Å². The maximum atomic E-state index is 11.1. The molecule has 0 aliphatic rings. The number of rotatable bonds is 3. The predicted molar refractivity (Wildman–Crippen MR) is 79.0 cm³/mol. The molecule has 2 aromatic rings. The Kier molecular flexibility index (Phi) is 4.55. The first-order valence-corrected chi connectivity index (χ1v) is 7.23. The van der Waals surface area contributed by atoms with Crippen LogP contribution >= 0.6 is 31.9 Å². The monoisotopic (exact) mass is 368 g/mol. The summed E-state index contributed by atoms with van der Waals surface area (Å²) < 4.78 is 6.12. The Morgan fingerprint density at radius 2 is 1.78 bits per heavy atom. The van der Waals surface area contributed by atoms with Crippen LogP contribution in [-0.4, -0.2) is 11.3 Å². The van der Waals surface area contributed by atoms with Gasteiger partial charge < -0.3 is 4.74 Å². The molecule has 0 fully saturated rings. The number of alkyl halides is 1. The lowest BCUT2D eigenvalue weighted by Gasteiger charge is -2.05. The van der Waals surface area contributed by atoms with Gasteiger partial charge in [-0.15, -0.1) is 0 Å². The molecule has 0 saturated heterocycles. The fourth-order valence-electron chi connectivity index (χ4n) is 1.54. The summed E-state index contributed by atoms with van der Waals surface area (Å²) in [6.07, 6.45) is 0. The second kappa shape index (κ2) is 6.16. The average molecular weight is 370 g/mol. The summed E-state index contributed by atoms with van der Waals surface area (Å²) >= 11 is 6.49. The molecule has 0 amide bonds. The number of carbonyl (C=O) groups is 1. The van der Waals surface area contributed by atoms with E-state index in [0.717, 1.165) is 15.6 Å². The molecule has 2 aromatic carbocycles. The first kappa shape index (κ1) is 13.3. The molecule has 0 unspecified atom stereocenters. The molecule has 0 aliphatic carbocycles. The lowest BCUT2D eigenvalue weighted by atomic mass is 10.1. The van der Waals surface area contributed by atoms with Crippen LogP contribution in [0.15, 0.2) is 53.0 Å². The van der Waals surface area contributed by atoms with Crippen LogP contribution in [0.1, 0.15) is 0 Å².